The van der Waals surface area contributed by atoms with E-state index >= 15 is 0 Å². The highest BCUT2D eigenvalue weighted by molar-refractivity contribution is 6.53. The molecule has 0 radical (unpaired) electrons. The minimum absolute atomic E-state index is 0.117. The van der Waals surface area contributed by atoms with Gasteiger partial charge in [-0.05, 0) is 81.3 Å². The fourth-order valence-electron chi connectivity index (χ4n) is 4.25. The lowest BCUT2D eigenvalue weighted by Gasteiger charge is -2.16. The number of carbonyl (C=O) groups excluding carboxylic acids is 4. The number of imide groups is 1. The summed E-state index contributed by atoms with van der Waals surface area (Å²) in [6, 6.07) is 16.4. The van der Waals surface area contributed by atoms with E-state index in [0.717, 1.165) is 27.3 Å². The third-order valence-corrected chi connectivity index (χ3v) is 6.32. The monoisotopic (exact) mass is 531 g/mol. The highest BCUT2D eigenvalue weighted by atomic mass is 35.5. The lowest BCUT2D eigenvalue weighted by molar-refractivity contribution is -0.120. The Morgan fingerprint density at radius 3 is 2.18 bits per heavy atom. The highest BCUT2D eigenvalue weighted by Crippen LogP contribution is 2.31. The van der Waals surface area contributed by atoms with Crippen molar-refractivity contribution in [1.29, 1.82) is 0 Å². The normalized spacial score (nSPS) is 13.1. The van der Waals surface area contributed by atoms with Crippen molar-refractivity contribution >= 4 is 52.4 Å². The molecular formula is C29H26ClN3O5. The Kier molecular flexibility index (Phi) is 7.64. The molecule has 194 valence electrons. The first-order valence-electron chi connectivity index (χ1n) is 11.9. The van der Waals surface area contributed by atoms with Crippen molar-refractivity contribution in [3.05, 3.63) is 99.2 Å². The summed E-state index contributed by atoms with van der Waals surface area (Å²) in [6.07, 6.45) is 0. The molecule has 0 unspecified atom stereocenters. The number of hydrogen-bond donors (Lipinski definition) is 2. The van der Waals surface area contributed by atoms with E-state index in [-0.39, 0.29) is 28.9 Å². The van der Waals surface area contributed by atoms with Gasteiger partial charge in [0.2, 0.25) is 0 Å². The Morgan fingerprint density at radius 2 is 1.55 bits per heavy atom. The zero-order chi connectivity index (χ0) is 27.6. The number of amides is 3. The fourth-order valence-corrected chi connectivity index (χ4v) is 4.46. The van der Waals surface area contributed by atoms with Gasteiger partial charge in [-0.3, -0.25) is 14.4 Å². The lowest BCUT2D eigenvalue weighted by Crippen LogP contribution is -2.32. The molecule has 9 heteroatoms. The van der Waals surface area contributed by atoms with Crippen LogP contribution in [0.1, 0.15) is 44.3 Å². The van der Waals surface area contributed by atoms with Crippen molar-refractivity contribution in [1.82, 2.24) is 0 Å². The standard InChI is InChI=1S/C29H26ClN3O5/c1-5-38-29(37)19-9-11-22(12-10-19)33-27(35)23(30)25(28(33)36)31-21-8-6-7-20(15-21)26(34)32-24-17(3)13-16(2)14-18(24)4/h6-15,31H,5H2,1-4H3,(H,32,34). The van der Waals surface area contributed by atoms with Gasteiger partial charge in [-0.1, -0.05) is 35.4 Å². The first-order chi connectivity index (χ1) is 18.1. The number of halogens is 1. The molecule has 0 aromatic heterocycles. The third-order valence-electron chi connectivity index (χ3n) is 5.97. The number of anilines is 3. The Hall–Kier alpha value is -4.43. The van der Waals surface area contributed by atoms with Crippen molar-refractivity contribution in [3.63, 3.8) is 0 Å². The number of rotatable bonds is 7. The topological polar surface area (TPSA) is 105 Å². The number of esters is 1. The minimum atomic E-state index is -0.706. The molecule has 0 bridgehead atoms. The van der Waals surface area contributed by atoms with Gasteiger partial charge in [0.15, 0.2) is 0 Å². The third kappa shape index (κ3) is 5.31. The fraction of sp³-hybridized carbons (Fsp3) is 0.172. The van der Waals surface area contributed by atoms with Gasteiger partial charge in [0, 0.05) is 16.9 Å². The van der Waals surface area contributed by atoms with Crippen LogP contribution in [0.5, 0.6) is 0 Å². The van der Waals surface area contributed by atoms with Crippen LogP contribution in [0.4, 0.5) is 17.1 Å². The van der Waals surface area contributed by atoms with Gasteiger partial charge in [-0.2, -0.15) is 0 Å². The molecule has 3 aromatic carbocycles. The van der Waals surface area contributed by atoms with E-state index in [9.17, 15) is 19.2 Å². The van der Waals surface area contributed by atoms with Gasteiger partial charge < -0.3 is 15.4 Å². The van der Waals surface area contributed by atoms with Crippen molar-refractivity contribution < 1.29 is 23.9 Å². The SMILES string of the molecule is CCOC(=O)c1ccc(N2C(=O)C(Cl)=C(Nc3cccc(C(=O)Nc4c(C)cc(C)cc4C)c3)C2=O)cc1. The van der Waals surface area contributed by atoms with Gasteiger partial charge >= 0.3 is 5.97 Å². The van der Waals surface area contributed by atoms with Crippen LogP contribution in [0, 0.1) is 20.8 Å². The number of nitrogens with zero attached hydrogens (tertiary/aromatic N) is 1. The van der Waals surface area contributed by atoms with E-state index in [1.165, 1.54) is 24.3 Å². The van der Waals surface area contributed by atoms with Crippen molar-refractivity contribution in [2.75, 3.05) is 22.1 Å². The Labute approximate surface area is 225 Å². The maximum atomic E-state index is 13.1. The summed E-state index contributed by atoms with van der Waals surface area (Å²) < 4.78 is 4.96. The zero-order valence-electron chi connectivity index (χ0n) is 21.3. The molecule has 38 heavy (non-hydrogen) atoms. The van der Waals surface area contributed by atoms with E-state index in [0.29, 0.717) is 16.8 Å². The van der Waals surface area contributed by atoms with Crippen molar-refractivity contribution in [3.8, 4) is 0 Å². The van der Waals surface area contributed by atoms with Crippen LogP contribution in [0.25, 0.3) is 0 Å². The van der Waals surface area contributed by atoms with Crippen LogP contribution in [-0.2, 0) is 14.3 Å². The average Bonchev–Trinajstić information content (AvgIpc) is 3.09. The summed E-state index contributed by atoms with van der Waals surface area (Å²) in [5.74, 6) is -2.19. The van der Waals surface area contributed by atoms with Crippen LogP contribution < -0.4 is 15.5 Å². The second-order valence-corrected chi connectivity index (χ2v) is 9.21. The van der Waals surface area contributed by atoms with Crippen LogP contribution in [-0.4, -0.2) is 30.3 Å². The molecule has 3 amide bonds. The maximum Gasteiger partial charge on any atom is 0.338 e. The number of aryl methyl sites for hydroxylation is 3. The smallest absolute Gasteiger partial charge is 0.338 e. The van der Waals surface area contributed by atoms with Crippen LogP contribution >= 0.6 is 11.6 Å². The summed E-state index contributed by atoms with van der Waals surface area (Å²) in [5.41, 5.74) is 4.94. The molecule has 0 fully saturated rings. The predicted octanol–water partition coefficient (Wildman–Crippen LogP) is 5.48. The average molecular weight is 532 g/mol. The van der Waals surface area contributed by atoms with Gasteiger partial charge in [-0.25, -0.2) is 9.69 Å². The predicted molar refractivity (Wildman–Crippen MR) is 146 cm³/mol. The van der Waals surface area contributed by atoms with Crippen molar-refractivity contribution in [2.24, 2.45) is 0 Å². The molecule has 8 nitrogen and oxygen atoms in total. The van der Waals surface area contributed by atoms with Gasteiger partial charge in [0.25, 0.3) is 17.7 Å². The van der Waals surface area contributed by atoms with Gasteiger partial charge in [0.1, 0.15) is 10.7 Å². The number of hydrogen-bond acceptors (Lipinski definition) is 6. The Balaban J connectivity index is 1.52. The first kappa shape index (κ1) is 26.6. The van der Waals surface area contributed by atoms with E-state index in [1.807, 2.05) is 32.9 Å². The number of ether oxygens (including phenoxy) is 1. The van der Waals surface area contributed by atoms with E-state index < -0.39 is 17.8 Å². The molecule has 1 heterocycles. The number of benzene rings is 3. The Bertz CT molecular complexity index is 1470. The molecular weight excluding hydrogens is 506 g/mol. The molecule has 0 saturated heterocycles. The summed E-state index contributed by atoms with van der Waals surface area (Å²) in [4.78, 5) is 51.8. The van der Waals surface area contributed by atoms with Crippen LogP contribution in [0.3, 0.4) is 0 Å². The van der Waals surface area contributed by atoms with Crippen molar-refractivity contribution in [2.45, 2.75) is 27.7 Å². The second kappa shape index (κ2) is 10.9. The van der Waals surface area contributed by atoms with Crippen LogP contribution in [0.15, 0.2) is 71.4 Å². The molecule has 4 rings (SSSR count). The van der Waals surface area contributed by atoms with E-state index in [4.69, 9.17) is 16.3 Å². The number of nitrogens with one attached hydrogen (secondary N) is 2. The maximum absolute atomic E-state index is 13.1. The molecule has 2 N–H and O–H groups in total. The van der Waals surface area contributed by atoms with Gasteiger partial charge in [0.05, 0.1) is 17.9 Å². The molecule has 0 saturated carbocycles. The molecule has 1 aliphatic rings. The van der Waals surface area contributed by atoms with Crippen LogP contribution in [0.2, 0.25) is 0 Å². The molecule has 3 aromatic rings. The molecule has 0 aliphatic carbocycles. The lowest BCUT2D eigenvalue weighted by atomic mass is 10.0. The second-order valence-electron chi connectivity index (χ2n) is 8.84. The molecule has 0 spiro atoms. The van der Waals surface area contributed by atoms with E-state index in [2.05, 4.69) is 10.6 Å². The molecule has 0 atom stereocenters. The summed E-state index contributed by atoms with van der Waals surface area (Å²) in [6.45, 7) is 7.79. The van der Waals surface area contributed by atoms with E-state index in [1.54, 1.807) is 31.2 Å². The minimum Gasteiger partial charge on any atom is -0.462 e. The molecule has 1 aliphatic heterocycles. The highest BCUT2D eigenvalue weighted by Gasteiger charge is 2.39. The zero-order valence-corrected chi connectivity index (χ0v) is 22.1. The summed E-state index contributed by atoms with van der Waals surface area (Å²) >= 11 is 6.25. The Morgan fingerprint density at radius 1 is 0.895 bits per heavy atom. The number of carbonyl (C=O) groups is 4. The quantitative estimate of drug-likeness (QED) is 0.309. The first-order valence-corrected chi connectivity index (χ1v) is 12.3. The summed E-state index contributed by atoms with van der Waals surface area (Å²) in [7, 11) is 0. The largest absolute Gasteiger partial charge is 0.462 e. The van der Waals surface area contributed by atoms with Gasteiger partial charge in [-0.15, -0.1) is 0 Å². The summed E-state index contributed by atoms with van der Waals surface area (Å²) in [5, 5.41) is 5.55.